The molecule has 0 bridgehead atoms. The Morgan fingerprint density at radius 1 is 1.12 bits per heavy atom. The van der Waals surface area contributed by atoms with E-state index in [1.54, 1.807) is 6.20 Å². The minimum absolute atomic E-state index is 0.175. The molecule has 0 radical (unpaired) electrons. The summed E-state index contributed by atoms with van der Waals surface area (Å²) in [5, 5.41) is 0. The van der Waals surface area contributed by atoms with Gasteiger partial charge in [-0.1, -0.05) is 0 Å². The van der Waals surface area contributed by atoms with Crippen LogP contribution in [0.2, 0.25) is 0 Å². The van der Waals surface area contributed by atoms with E-state index in [4.69, 9.17) is 10.5 Å². The van der Waals surface area contributed by atoms with Crippen LogP contribution in [0.1, 0.15) is 46.5 Å². The summed E-state index contributed by atoms with van der Waals surface area (Å²) in [6.07, 6.45) is 5.98. The van der Waals surface area contributed by atoms with E-state index in [9.17, 15) is 4.79 Å². The van der Waals surface area contributed by atoms with Crippen LogP contribution in [0.4, 0.5) is 16.3 Å². The fourth-order valence-corrected chi connectivity index (χ4v) is 3.78. The molecule has 6 nitrogen and oxygen atoms in total. The molecule has 2 N–H and O–H groups in total. The van der Waals surface area contributed by atoms with Gasteiger partial charge in [0.25, 0.3) is 0 Å². The Morgan fingerprint density at radius 2 is 1.72 bits per heavy atom. The van der Waals surface area contributed by atoms with Crippen molar-refractivity contribution >= 4 is 17.6 Å². The van der Waals surface area contributed by atoms with Crippen LogP contribution in [0.15, 0.2) is 18.3 Å². The quantitative estimate of drug-likeness (QED) is 0.845. The van der Waals surface area contributed by atoms with Crippen LogP contribution in [0.3, 0.4) is 0 Å². The highest BCUT2D eigenvalue weighted by Gasteiger charge is 2.39. The van der Waals surface area contributed by atoms with Crippen molar-refractivity contribution in [2.45, 2.75) is 52.1 Å². The Hall–Kier alpha value is -1.98. The fourth-order valence-electron chi connectivity index (χ4n) is 3.78. The highest BCUT2D eigenvalue weighted by Crippen LogP contribution is 2.42. The van der Waals surface area contributed by atoms with Crippen molar-refractivity contribution in [3.05, 3.63) is 18.3 Å². The minimum Gasteiger partial charge on any atom is -0.444 e. The smallest absolute Gasteiger partial charge is 0.410 e. The summed E-state index contributed by atoms with van der Waals surface area (Å²) in [5.74, 6) is 1.01. The number of anilines is 2. The molecule has 2 aliphatic rings. The molecule has 2 aliphatic heterocycles. The van der Waals surface area contributed by atoms with Gasteiger partial charge in [0.05, 0.1) is 11.9 Å². The monoisotopic (exact) mass is 346 g/mol. The topological polar surface area (TPSA) is 71.7 Å². The first-order valence-corrected chi connectivity index (χ1v) is 9.21. The second-order valence-electron chi connectivity index (χ2n) is 8.40. The molecular weight excluding hydrogens is 316 g/mol. The Kier molecular flexibility index (Phi) is 4.80. The predicted octanol–water partition coefficient (Wildman–Crippen LogP) is 3.28. The van der Waals surface area contributed by atoms with Gasteiger partial charge in [0.15, 0.2) is 0 Å². The summed E-state index contributed by atoms with van der Waals surface area (Å²) >= 11 is 0. The molecule has 0 unspecified atom stereocenters. The summed E-state index contributed by atoms with van der Waals surface area (Å²) in [4.78, 5) is 20.9. The molecule has 3 heterocycles. The third kappa shape index (κ3) is 4.35. The lowest BCUT2D eigenvalue weighted by Crippen LogP contribution is -2.49. The van der Waals surface area contributed by atoms with Gasteiger partial charge in [-0.15, -0.1) is 0 Å². The normalized spacial score (nSPS) is 20.6. The van der Waals surface area contributed by atoms with Gasteiger partial charge < -0.3 is 20.3 Å². The summed E-state index contributed by atoms with van der Waals surface area (Å²) in [6.45, 7) is 9.38. The maximum atomic E-state index is 12.2. The van der Waals surface area contributed by atoms with Gasteiger partial charge in [-0.2, -0.15) is 0 Å². The number of carbonyl (C=O) groups is 1. The highest BCUT2D eigenvalue weighted by atomic mass is 16.6. The largest absolute Gasteiger partial charge is 0.444 e. The third-order valence-electron chi connectivity index (χ3n) is 5.39. The molecule has 1 amide bonds. The van der Waals surface area contributed by atoms with Crippen molar-refractivity contribution in [2.75, 3.05) is 36.8 Å². The van der Waals surface area contributed by atoms with Crippen LogP contribution in [-0.2, 0) is 4.74 Å². The predicted molar refractivity (Wildman–Crippen MR) is 99.6 cm³/mol. The van der Waals surface area contributed by atoms with E-state index in [0.717, 1.165) is 57.7 Å². The molecule has 0 atom stereocenters. The van der Waals surface area contributed by atoms with Gasteiger partial charge in [0.2, 0.25) is 0 Å². The molecule has 0 saturated carbocycles. The summed E-state index contributed by atoms with van der Waals surface area (Å²) in [7, 11) is 0. The molecule has 1 spiro atoms. The molecule has 0 aromatic carbocycles. The van der Waals surface area contributed by atoms with Crippen LogP contribution in [0.5, 0.6) is 0 Å². The third-order valence-corrected chi connectivity index (χ3v) is 5.39. The molecule has 25 heavy (non-hydrogen) atoms. The van der Waals surface area contributed by atoms with Crippen LogP contribution in [0, 0.1) is 5.41 Å². The summed E-state index contributed by atoms with van der Waals surface area (Å²) in [6, 6.07) is 3.91. The number of piperidine rings is 2. The maximum Gasteiger partial charge on any atom is 0.410 e. The number of aromatic nitrogens is 1. The molecule has 0 aliphatic carbocycles. The first-order chi connectivity index (χ1) is 11.8. The van der Waals surface area contributed by atoms with Crippen molar-refractivity contribution in [3.63, 3.8) is 0 Å². The van der Waals surface area contributed by atoms with E-state index in [0.29, 0.717) is 11.1 Å². The van der Waals surface area contributed by atoms with Crippen LogP contribution in [0.25, 0.3) is 0 Å². The lowest BCUT2D eigenvalue weighted by Gasteiger charge is -2.47. The zero-order valence-corrected chi connectivity index (χ0v) is 15.6. The lowest BCUT2D eigenvalue weighted by molar-refractivity contribution is 0.00664. The molecule has 2 saturated heterocycles. The number of nitrogens with zero attached hydrogens (tertiary/aromatic N) is 3. The Labute approximate surface area is 150 Å². The molecule has 1 aromatic rings. The number of ether oxygens (including phenoxy) is 1. The number of amides is 1. The molecule has 3 rings (SSSR count). The van der Waals surface area contributed by atoms with E-state index in [1.165, 1.54) is 0 Å². The molecular formula is C19H30N4O2. The number of pyridine rings is 1. The first-order valence-electron chi connectivity index (χ1n) is 9.21. The summed E-state index contributed by atoms with van der Waals surface area (Å²) < 4.78 is 5.50. The SMILES string of the molecule is CC(C)(C)OC(=O)N1CCC2(CC1)CCN(c1ccc(N)cn1)CC2. The van der Waals surface area contributed by atoms with Crippen molar-refractivity contribution < 1.29 is 9.53 Å². The minimum atomic E-state index is -0.427. The van der Waals surface area contributed by atoms with Crippen molar-refractivity contribution in [2.24, 2.45) is 5.41 Å². The van der Waals surface area contributed by atoms with E-state index in [1.807, 2.05) is 37.8 Å². The number of likely N-dealkylation sites (tertiary alicyclic amines) is 1. The van der Waals surface area contributed by atoms with E-state index < -0.39 is 5.60 Å². The Balaban J connectivity index is 1.51. The van der Waals surface area contributed by atoms with Crippen LogP contribution < -0.4 is 10.6 Å². The number of nitrogen functional groups attached to an aromatic ring is 1. The standard InChI is InChI=1S/C19H30N4O2/c1-18(2,3)25-17(24)23-12-8-19(9-13-23)6-10-22(11-7-19)16-5-4-15(20)14-21-16/h4-5,14H,6-13,20H2,1-3H3. The van der Waals surface area contributed by atoms with Gasteiger partial charge >= 0.3 is 6.09 Å². The highest BCUT2D eigenvalue weighted by molar-refractivity contribution is 5.68. The lowest BCUT2D eigenvalue weighted by atomic mass is 9.71. The van der Waals surface area contributed by atoms with E-state index in [-0.39, 0.29) is 6.09 Å². The number of rotatable bonds is 1. The van der Waals surface area contributed by atoms with Crippen molar-refractivity contribution in [1.29, 1.82) is 0 Å². The molecule has 138 valence electrons. The van der Waals surface area contributed by atoms with Gasteiger partial charge in [0.1, 0.15) is 11.4 Å². The number of nitrogens with two attached hydrogens (primary N) is 1. The van der Waals surface area contributed by atoms with Crippen molar-refractivity contribution in [3.8, 4) is 0 Å². The Morgan fingerprint density at radius 3 is 2.24 bits per heavy atom. The van der Waals surface area contributed by atoms with Gasteiger partial charge in [-0.05, 0) is 64.0 Å². The second kappa shape index (κ2) is 6.73. The molecule has 2 fully saturated rings. The second-order valence-corrected chi connectivity index (χ2v) is 8.40. The number of hydrogen-bond acceptors (Lipinski definition) is 5. The zero-order chi connectivity index (χ0) is 18.1. The van der Waals surface area contributed by atoms with E-state index in [2.05, 4.69) is 9.88 Å². The fraction of sp³-hybridized carbons (Fsp3) is 0.684. The summed E-state index contributed by atoms with van der Waals surface area (Å²) in [5.41, 5.74) is 6.36. The number of hydrogen-bond donors (Lipinski definition) is 1. The van der Waals surface area contributed by atoms with E-state index >= 15 is 0 Å². The molecule has 1 aromatic heterocycles. The van der Waals surface area contributed by atoms with Crippen LogP contribution >= 0.6 is 0 Å². The zero-order valence-electron chi connectivity index (χ0n) is 15.6. The maximum absolute atomic E-state index is 12.2. The van der Waals surface area contributed by atoms with Gasteiger partial charge in [-0.25, -0.2) is 9.78 Å². The Bertz CT molecular complexity index is 591. The number of carbonyl (C=O) groups excluding carboxylic acids is 1. The van der Waals surface area contributed by atoms with Crippen molar-refractivity contribution in [1.82, 2.24) is 9.88 Å². The van der Waals surface area contributed by atoms with Gasteiger partial charge in [-0.3, -0.25) is 0 Å². The first kappa shape index (κ1) is 17.8. The van der Waals surface area contributed by atoms with Gasteiger partial charge in [0, 0.05) is 26.2 Å². The average molecular weight is 346 g/mol. The van der Waals surface area contributed by atoms with Crippen LogP contribution in [-0.4, -0.2) is 47.8 Å². The average Bonchev–Trinajstić information content (AvgIpc) is 2.56. The molecule has 6 heteroatoms.